The number of aliphatic hydroxyl groups excluding tert-OH is 1. The molecular weight excluding hydrogens is 455 g/mol. The van der Waals surface area contributed by atoms with E-state index in [0.717, 1.165) is 17.4 Å². The van der Waals surface area contributed by atoms with E-state index in [9.17, 15) is 23.1 Å². The summed E-state index contributed by atoms with van der Waals surface area (Å²) in [5.41, 5.74) is 0.356. The highest BCUT2D eigenvalue weighted by Gasteiger charge is 2.58. The largest absolute Gasteiger partial charge is 0.384 e. The van der Waals surface area contributed by atoms with Crippen LogP contribution >= 0.6 is 11.3 Å². The van der Waals surface area contributed by atoms with Gasteiger partial charge < -0.3 is 10.0 Å². The Bertz CT molecular complexity index is 1210. The van der Waals surface area contributed by atoms with Gasteiger partial charge in [-0.1, -0.05) is 29.5 Å². The minimum absolute atomic E-state index is 0.142. The number of alkyl halides is 2. The molecule has 0 bridgehead atoms. The van der Waals surface area contributed by atoms with Gasteiger partial charge in [-0.25, -0.2) is 18.0 Å². The number of nitrogens with zero attached hydrogens (tertiary/aromatic N) is 4. The maximum atomic E-state index is 14.3. The monoisotopic (exact) mass is 473 g/mol. The molecule has 1 aliphatic carbocycles. The van der Waals surface area contributed by atoms with Crippen molar-refractivity contribution in [3.63, 3.8) is 0 Å². The summed E-state index contributed by atoms with van der Waals surface area (Å²) >= 11 is 0.983. The van der Waals surface area contributed by atoms with Crippen LogP contribution in [0.5, 0.6) is 0 Å². The molecule has 2 amide bonds. The average Bonchev–Trinajstić information content (AvgIpc) is 3.21. The molecule has 1 aromatic carbocycles. The Hall–Kier alpha value is -3.49. The highest BCUT2D eigenvalue weighted by molar-refractivity contribution is 7.15. The van der Waals surface area contributed by atoms with Gasteiger partial charge in [-0.3, -0.25) is 10.3 Å². The number of nitrogens with one attached hydrogen (secondary N) is 1. The number of terminal acetylenes is 1. The standard InChI is InChI=1S/C22H18F3N5O2S/c1-3-17-28-29-20(33-17)27-21(32)30(2)18(19(31)16-6-4-5-9-26-16)12-7-8-15(23)13(10-12)14-11-22(14,24)25/h1,4-10,14,18-19,31H,11H2,2H3,(H,27,29,32). The normalized spacial score (nSPS) is 18.1. The third kappa shape index (κ3) is 4.67. The number of anilines is 1. The van der Waals surface area contributed by atoms with Gasteiger partial charge in [-0.05, 0) is 35.2 Å². The van der Waals surface area contributed by atoms with Crippen molar-refractivity contribution in [3.8, 4) is 12.3 Å². The summed E-state index contributed by atoms with van der Waals surface area (Å²) in [5, 5.41) is 21.5. The van der Waals surface area contributed by atoms with Gasteiger partial charge in [0.2, 0.25) is 5.13 Å². The molecule has 3 unspecified atom stereocenters. The fraction of sp³-hybridized carbons (Fsp3) is 0.273. The summed E-state index contributed by atoms with van der Waals surface area (Å²) < 4.78 is 41.6. The number of aromatic nitrogens is 3. The van der Waals surface area contributed by atoms with Crippen LogP contribution in [0.4, 0.5) is 23.1 Å². The highest BCUT2D eigenvalue weighted by Crippen LogP contribution is 2.56. The quantitative estimate of drug-likeness (QED) is 0.526. The van der Waals surface area contributed by atoms with Crippen molar-refractivity contribution in [2.45, 2.75) is 30.4 Å². The minimum Gasteiger partial charge on any atom is -0.384 e. The molecule has 0 radical (unpaired) electrons. The molecular formula is C22H18F3N5O2S. The van der Waals surface area contributed by atoms with Crippen LogP contribution in [0.3, 0.4) is 0 Å². The molecule has 1 fully saturated rings. The summed E-state index contributed by atoms with van der Waals surface area (Å²) in [7, 11) is 1.41. The predicted molar refractivity (Wildman–Crippen MR) is 115 cm³/mol. The maximum Gasteiger partial charge on any atom is 0.324 e. The molecule has 2 N–H and O–H groups in total. The van der Waals surface area contributed by atoms with Gasteiger partial charge in [0, 0.05) is 19.7 Å². The zero-order chi connectivity index (χ0) is 23.8. The molecule has 33 heavy (non-hydrogen) atoms. The van der Waals surface area contributed by atoms with Crippen LogP contribution in [0.1, 0.15) is 46.3 Å². The van der Waals surface area contributed by atoms with E-state index in [-0.39, 0.29) is 27.0 Å². The van der Waals surface area contributed by atoms with Gasteiger partial charge in [-0.2, -0.15) is 0 Å². The third-order valence-corrected chi connectivity index (χ3v) is 6.12. The van der Waals surface area contributed by atoms with Crippen LogP contribution in [-0.2, 0) is 0 Å². The molecule has 2 heterocycles. The molecule has 0 aliphatic heterocycles. The lowest BCUT2D eigenvalue weighted by molar-refractivity contribution is 0.0766. The summed E-state index contributed by atoms with van der Waals surface area (Å²) in [4.78, 5) is 18.2. The molecule has 3 atom stereocenters. The van der Waals surface area contributed by atoms with Crippen molar-refractivity contribution >= 4 is 22.5 Å². The molecule has 3 aromatic rings. The number of amides is 2. The van der Waals surface area contributed by atoms with E-state index in [4.69, 9.17) is 6.42 Å². The number of halogens is 3. The number of urea groups is 1. The van der Waals surface area contributed by atoms with Crippen molar-refractivity contribution < 1.29 is 23.1 Å². The predicted octanol–water partition coefficient (Wildman–Crippen LogP) is 4.11. The van der Waals surface area contributed by atoms with E-state index in [1.165, 1.54) is 30.3 Å². The number of aliphatic hydroxyl groups is 1. The van der Waals surface area contributed by atoms with Crippen LogP contribution in [0.15, 0.2) is 42.6 Å². The number of pyridine rings is 1. The van der Waals surface area contributed by atoms with Crippen LogP contribution in [0, 0.1) is 18.2 Å². The Morgan fingerprint density at radius 3 is 2.73 bits per heavy atom. The Balaban J connectivity index is 1.69. The Labute approximate surface area is 191 Å². The number of rotatable bonds is 6. The fourth-order valence-electron chi connectivity index (χ4n) is 3.53. The van der Waals surface area contributed by atoms with Crippen molar-refractivity contribution in [2.75, 3.05) is 12.4 Å². The Morgan fingerprint density at radius 2 is 2.12 bits per heavy atom. The number of benzene rings is 1. The van der Waals surface area contributed by atoms with Crippen LogP contribution in [0.2, 0.25) is 0 Å². The highest BCUT2D eigenvalue weighted by atomic mass is 32.1. The third-order valence-electron chi connectivity index (χ3n) is 5.35. The van der Waals surface area contributed by atoms with Gasteiger partial charge in [-0.15, -0.1) is 16.6 Å². The topological polar surface area (TPSA) is 91.2 Å². The van der Waals surface area contributed by atoms with Crippen molar-refractivity contribution in [1.82, 2.24) is 20.1 Å². The minimum atomic E-state index is -2.98. The SMILES string of the molecule is C#Cc1nnc(NC(=O)N(C)C(c2ccc(F)c(C3CC3(F)F)c2)C(O)c2ccccn2)s1. The van der Waals surface area contributed by atoms with Crippen molar-refractivity contribution in [3.05, 3.63) is 70.2 Å². The lowest BCUT2D eigenvalue weighted by atomic mass is 9.94. The van der Waals surface area contributed by atoms with Gasteiger partial charge in [0.1, 0.15) is 11.9 Å². The second kappa shape index (κ2) is 8.80. The fourth-order valence-corrected chi connectivity index (χ4v) is 4.08. The number of hydrogen-bond donors (Lipinski definition) is 2. The first-order valence-electron chi connectivity index (χ1n) is 9.81. The van der Waals surface area contributed by atoms with Crippen molar-refractivity contribution in [2.24, 2.45) is 0 Å². The lowest BCUT2D eigenvalue weighted by Crippen LogP contribution is -2.38. The van der Waals surface area contributed by atoms with Gasteiger partial charge in [0.25, 0.3) is 5.92 Å². The van der Waals surface area contributed by atoms with Crippen molar-refractivity contribution in [1.29, 1.82) is 0 Å². The molecule has 0 saturated heterocycles. The molecule has 2 aromatic heterocycles. The van der Waals surface area contributed by atoms with E-state index >= 15 is 0 Å². The second-order valence-electron chi connectivity index (χ2n) is 7.54. The molecule has 7 nitrogen and oxygen atoms in total. The number of carbonyl (C=O) groups is 1. The van der Waals surface area contributed by atoms with E-state index in [1.807, 2.05) is 0 Å². The molecule has 170 valence electrons. The van der Waals surface area contributed by atoms with E-state index in [2.05, 4.69) is 26.4 Å². The number of carbonyl (C=O) groups excluding carboxylic acids is 1. The Kier molecular flexibility index (Phi) is 6.05. The first-order valence-corrected chi connectivity index (χ1v) is 10.6. The molecule has 1 aliphatic rings. The second-order valence-corrected chi connectivity index (χ2v) is 8.52. The van der Waals surface area contributed by atoms with E-state index in [0.29, 0.717) is 0 Å². The number of hydrogen-bond acceptors (Lipinski definition) is 6. The van der Waals surface area contributed by atoms with Crippen LogP contribution in [-0.4, -0.2) is 44.2 Å². The first-order chi connectivity index (χ1) is 15.7. The summed E-state index contributed by atoms with van der Waals surface area (Å²) in [6.07, 6.45) is 4.95. The van der Waals surface area contributed by atoms with Gasteiger partial charge >= 0.3 is 6.03 Å². The van der Waals surface area contributed by atoms with Gasteiger partial charge in [0.15, 0.2) is 5.01 Å². The van der Waals surface area contributed by atoms with E-state index in [1.54, 1.807) is 18.2 Å². The average molecular weight is 473 g/mol. The summed E-state index contributed by atoms with van der Waals surface area (Å²) in [6.45, 7) is 0. The maximum absolute atomic E-state index is 14.3. The summed E-state index contributed by atoms with van der Waals surface area (Å²) in [5.74, 6) is -2.69. The molecule has 1 saturated carbocycles. The lowest BCUT2D eigenvalue weighted by Gasteiger charge is -2.32. The van der Waals surface area contributed by atoms with Crippen LogP contribution < -0.4 is 5.32 Å². The zero-order valence-corrected chi connectivity index (χ0v) is 18.1. The smallest absolute Gasteiger partial charge is 0.324 e. The zero-order valence-electron chi connectivity index (χ0n) is 17.2. The van der Waals surface area contributed by atoms with E-state index < -0.39 is 42.3 Å². The Morgan fingerprint density at radius 1 is 1.36 bits per heavy atom. The van der Waals surface area contributed by atoms with Crippen LogP contribution in [0.25, 0.3) is 0 Å². The first kappa shape index (κ1) is 22.7. The molecule has 0 spiro atoms. The summed E-state index contributed by atoms with van der Waals surface area (Å²) in [6, 6.07) is 6.81. The molecule has 11 heteroatoms. The molecule has 4 rings (SSSR count). The van der Waals surface area contributed by atoms with Gasteiger partial charge in [0.05, 0.1) is 17.7 Å². The number of likely N-dealkylation sites (N-methyl/N-ethyl adjacent to an activating group) is 1.